The number of carbonyl (C=O) groups is 2. The Morgan fingerprint density at radius 3 is 2.79 bits per heavy atom. The van der Waals surface area contributed by atoms with Crippen molar-refractivity contribution >= 4 is 34.4 Å². The molecular weight excluding hydrogens is 532 g/mol. The molecule has 10 heteroatoms. The number of carbonyl (C=O) groups excluding carboxylic acids is 1. The first kappa shape index (κ1) is 26.2. The number of aromatic nitrogens is 3. The number of likely N-dealkylation sites (tertiary alicyclic amines) is 1. The zero-order valence-electron chi connectivity index (χ0n) is 23.4. The van der Waals surface area contributed by atoms with E-state index in [9.17, 15) is 14.7 Å². The molecule has 0 radical (unpaired) electrons. The van der Waals surface area contributed by atoms with Gasteiger partial charge in [-0.1, -0.05) is 30.7 Å². The van der Waals surface area contributed by atoms with Crippen LogP contribution in [0.25, 0.3) is 22.0 Å². The highest BCUT2D eigenvalue weighted by molar-refractivity contribution is 6.10. The molecule has 42 heavy (non-hydrogen) atoms. The fraction of sp³-hybridized carbons (Fsp3) is 0.344. The SMILES string of the molecule is Cc1ccc2c(N3C(=O)C4CCCC43)cccc2c1Oc1ncccc1-c1ccnc(NC2CCCN(C(=O)O)C2)n1. The summed E-state index contributed by atoms with van der Waals surface area (Å²) >= 11 is 0. The summed E-state index contributed by atoms with van der Waals surface area (Å²) in [5, 5.41) is 14.6. The Balaban J connectivity index is 1.19. The van der Waals surface area contributed by atoms with Crippen LogP contribution in [0.15, 0.2) is 60.9 Å². The highest BCUT2D eigenvalue weighted by Crippen LogP contribution is 2.46. The van der Waals surface area contributed by atoms with Crippen LogP contribution in [0.2, 0.25) is 0 Å². The first-order valence-electron chi connectivity index (χ1n) is 14.5. The number of carboxylic acid groups (broad SMARTS) is 1. The topological polar surface area (TPSA) is 121 Å². The Morgan fingerprint density at radius 2 is 1.90 bits per heavy atom. The van der Waals surface area contributed by atoms with Gasteiger partial charge in [-0.15, -0.1) is 0 Å². The molecular formula is C32H32N6O4. The molecule has 10 nitrogen and oxygen atoms in total. The molecule has 3 fully saturated rings. The Kier molecular flexibility index (Phi) is 6.60. The number of β-lactam (4-membered cyclic amide) rings is 1. The molecule has 7 rings (SSSR count). The smallest absolute Gasteiger partial charge is 0.407 e. The molecule has 4 heterocycles. The lowest BCUT2D eigenvalue weighted by atomic mass is 9.89. The number of anilines is 2. The third-order valence-electron chi connectivity index (χ3n) is 8.74. The van der Waals surface area contributed by atoms with E-state index in [1.54, 1.807) is 18.5 Å². The number of nitrogens with zero attached hydrogens (tertiary/aromatic N) is 5. The fourth-order valence-electron chi connectivity index (χ4n) is 6.66. The van der Waals surface area contributed by atoms with Crippen LogP contribution in [0.5, 0.6) is 11.6 Å². The van der Waals surface area contributed by atoms with Gasteiger partial charge in [-0.3, -0.25) is 4.79 Å². The first-order chi connectivity index (χ1) is 20.5. The molecule has 3 unspecified atom stereocenters. The van der Waals surface area contributed by atoms with Crippen LogP contribution in [-0.2, 0) is 4.79 Å². The Bertz CT molecular complexity index is 1690. The molecule has 1 aliphatic carbocycles. The number of pyridine rings is 1. The lowest BCUT2D eigenvalue weighted by Crippen LogP contribution is -2.58. The Labute approximate surface area is 243 Å². The van der Waals surface area contributed by atoms with Crippen molar-refractivity contribution in [3.63, 3.8) is 0 Å². The van der Waals surface area contributed by atoms with Crippen molar-refractivity contribution in [2.45, 2.75) is 51.1 Å². The van der Waals surface area contributed by atoms with Crippen LogP contribution in [0.3, 0.4) is 0 Å². The van der Waals surface area contributed by atoms with E-state index in [2.05, 4.69) is 21.4 Å². The van der Waals surface area contributed by atoms with Gasteiger partial charge in [0.05, 0.1) is 22.9 Å². The molecule has 2 amide bonds. The number of aryl methyl sites for hydroxylation is 1. The predicted octanol–water partition coefficient (Wildman–Crippen LogP) is 5.86. The van der Waals surface area contributed by atoms with Crippen molar-refractivity contribution in [2.75, 3.05) is 23.3 Å². The molecule has 3 aliphatic rings. The number of hydrogen-bond donors (Lipinski definition) is 2. The van der Waals surface area contributed by atoms with Gasteiger partial charge < -0.3 is 25.0 Å². The monoisotopic (exact) mass is 564 g/mol. The number of piperidine rings is 1. The van der Waals surface area contributed by atoms with Crippen molar-refractivity contribution in [1.82, 2.24) is 19.9 Å². The zero-order chi connectivity index (χ0) is 28.8. The lowest BCUT2D eigenvalue weighted by Gasteiger charge is -2.44. The second kappa shape index (κ2) is 10.6. The second-order valence-electron chi connectivity index (χ2n) is 11.3. The number of fused-ring (bicyclic) bond motifs is 2. The van der Waals surface area contributed by atoms with Crippen LogP contribution in [0.4, 0.5) is 16.4 Å². The van der Waals surface area contributed by atoms with Crippen LogP contribution in [-0.4, -0.2) is 62.1 Å². The zero-order valence-corrected chi connectivity index (χ0v) is 23.4. The second-order valence-corrected chi connectivity index (χ2v) is 11.3. The number of rotatable bonds is 6. The van der Waals surface area contributed by atoms with E-state index >= 15 is 0 Å². The summed E-state index contributed by atoms with van der Waals surface area (Å²) in [6, 6.07) is 15.9. The van der Waals surface area contributed by atoms with E-state index < -0.39 is 6.09 Å². The maximum Gasteiger partial charge on any atom is 0.407 e. The largest absolute Gasteiger partial charge is 0.465 e. The van der Waals surface area contributed by atoms with Crippen LogP contribution in [0.1, 0.15) is 37.7 Å². The standard InChI is InChI=1S/C32H32N6O4/c1-19-12-13-21-22(7-2-10-26(21)38-27-11-3-8-24(27)30(38)39)28(19)42-29-23(9-4-15-33-29)25-14-16-34-31(36-25)35-20-6-5-17-37(18-20)32(40)41/h2,4,7,9-10,12-16,20,24,27H,3,5-6,8,11,17-18H2,1H3,(H,40,41)(H,34,35,36). The minimum absolute atomic E-state index is 0.0694. The highest BCUT2D eigenvalue weighted by Gasteiger charge is 2.50. The van der Waals surface area contributed by atoms with Gasteiger partial charge in [-0.25, -0.2) is 19.7 Å². The van der Waals surface area contributed by atoms with Crippen LogP contribution >= 0.6 is 0 Å². The molecule has 1 saturated carbocycles. The van der Waals surface area contributed by atoms with Gasteiger partial charge in [0, 0.05) is 48.3 Å². The molecule has 2 aliphatic heterocycles. The highest BCUT2D eigenvalue weighted by atomic mass is 16.5. The van der Waals surface area contributed by atoms with E-state index in [0.29, 0.717) is 41.9 Å². The average Bonchev–Trinajstić information content (AvgIpc) is 3.43. The normalized spacial score (nSPS) is 21.6. The summed E-state index contributed by atoms with van der Waals surface area (Å²) in [6.45, 7) is 2.93. The summed E-state index contributed by atoms with van der Waals surface area (Å²) < 4.78 is 6.57. The van der Waals surface area contributed by atoms with Gasteiger partial charge in [0.25, 0.3) is 0 Å². The summed E-state index contributed by atoms with van der Waals surface area (Å²) in [5.41, 5.74) is 3.23. The summed E-state index contributed by atoms with van der Waals surface area (Å²) in [5.74, 6) is 1.91. The van der Waals surface area contributed by atoms with Gasteiger partial charge in [0.15, 0.2) is 0 Å². The lowest BCUT2D eigenvalue weighted by molar-refractivity contribution is -0.128. The Hall–Kier alpha value is -4.73. The van der Waals surface area contributed by atoms with Gasteiger partial charge in [-0.05, 0) is 62.4 Å². The van der Waals surface area contributed by atoms with Crippen molar-refractivity contribution in [3.05, 3.63) is 66.5 Å². The van der Waals surface area contributed by atoms with Crippen molar-refractivity contribution in [1.29, 1.82) is 0 Å². The van der Waals surface area contributed by atoms with Gasteiger partial charge in [0.1, 0.15) is 5.75 Å². The van der Waals surface area contributed by atoms with Crippen LogP contribution < -0.4 is 15.0 Å². The Morgan fingerprint density at radius 1 is 1.00 bits per heavy atom. The van der Waals surface area contributed by atoms with E-state index in [-0.39, 0.29) is 23.9 Å². The van der Waals surface area contributed by atoms with Crippen molar-refractivity contribution < 1.29 is 19.4 Å². The van der Waals surface area contributed by atoms with Gasteiger partial charge in [0.2, 0.25) is 17.7 Å². The molecule has 4 aromatic rings. The number of ether oxygens (including phenoxy) is 1. The van der Waals surface area contributed by atoms with Crippen molar-refractivity contribution in [3.8, 4) is 22.9 Å². The predicted molar refractivity (Wildman–Crippen MR) is 159 cm³/mol. The number of nitrogens with one attached hydrogen (secondary N) is 1. The maximum atomic E-state index is 13.0. The quantitative estimate of drug-likeness (QED) is 0.279. The molecule has 2 aromatic heterocycles. The van der Waals surface area contributed by atoms with Crippen LogP contribution in [0, 0.1) is 12.8 Å². The molecule has 2 saturated heterocycles. The molecule has 214 valence electrons. The number of benzene rings is 2. The third-order valence-corrected chi connectivity index (χ3v) is 8.74. The van der Waals surface area contributed by atoms with Crippen molar-refractivity contribution in [2.24, 2.45) is 5.92 Å². The third kappa shape index (κ3) is 4.56. The summed E-state index contributed by atoms with van der Waals surface area (Å²) in [6.07, 6.45) is 7.20. The van der Waals surface area contributed by atoms with E-state index in [1.807, 2.05) is 48.2 Å². The van der Waals surface area contributed by atoms with E-state index in [1.165, 1.54) is 4.90 Å². The number of hydrogen-bond acceptors (Lipinski definition) is 7. The van der Waals surface area contributed by atoms with Gasteiger partial charge >= 0.3 is 6.09 Å². The maximum absolute atomic E-state index is 13.0. The minimum atomic E-state index is -0.914. The fourth-order valence-corrected chi connectivity index (χ4v) is 6.66. The molecule has 0 bridgehead atoms. The first-order valence-corrected chi connectivity index (χ1v) is 14.5. The molecule has 0 spiro atoms. The molecule has 2 aromatic carbocycles. The van der Waals surface area contributed by atoms with E-state index in [0.717, 1.165) is 54.1 Å². The summed E-state index contributed by atoms with van der Waals surface area (Å²) in [4.78, 5) is 41.5. The number of amides is 2. The molecule has 2 N–H and O–H groups in total. The molecule has 3 atom stereocenters. The average molecular weight is 565 g/mol. The van der Waals surface area contributed by atoms with E-state index in [4.69, 9.17) is 9.72 Å². The minimum Gasteiger partial charge on any atom is -0.465 e. The van der Waals surface area contributed by atoms with Gasteiger partial charge in [-0.2, -0.15) is 0 Å². The summed E-state index contributed by atoms with van der Waals surface area (Å²) in [7, 11) is 0.